The van der Waals surface area contributed by atoms with Gasteiger partial charge in [0.2, 0.25) is 0 Å². The van der Waals surface area contributed by atoms with Crippen molar-refractivity contribution in [2.75, 3.05) is 13.7 Å². The van der Waals surface area contributed by atoms with Gasteiger partial charge in [-0.05, 0) is 6.42 Å². The van der Waals surface area contributed by atoms with Gasteiger partial charge in [-0.15, -0.1) is 0 Å². The van der Waals surface area contributed by atoms with Crippen LogP contribution in [0.25, 0.3) is 0 Å². The van der Waals surface area contributed by atoms with E-state index in [1.54, 1.807) is 0 Å². The summed E-state index contributed by atoms with van der Waals surface area (Å²) in [7, 11) is 1.27. The Morgan fingerprint density at radius 3 is 2.71 bits per heavy atom. The molecule has 4 heteroatoms. The largest absolute Gasteiger partial charge is 0.466 e. The molecule has 1 aliphatic heterocycles. The van der Waals surface area contributed by atoms with Gasteiger partial charge in [0.15, 0.2) is 0 Å². The molecule has 0 saturated carbocycles. The summed E-state index contributed by atoms with van der Waals surface area (Å²) in [4.78, 5) is 22.8. The Hall–Kier alpha value is -1.32. The second kappa shape index (κ2) is 3.82. The molecule has 78 valence electrons. The van der Waals surface area contributed by atoms with Gasteiger partial charge in [0.1, 0.15) is 5.41 Å². The van der Waals surface area contributed by atoms with E-state index in [4.69, 9.17) is 4.74 Å². The van der Waals surface area contributed by atoms with Gasteiger partial charge in [-0.25, -0.2) is 4.79 Å². The normalized spacial score (nSPS) is 25.7. The minimum atomic E-state index is -0.854. The lowest BCUT2D eigenvalue weighted by Gasteiger charge is -2.23. The van der Waals surface area contributed by atoms with E-state index in [1.807, 2.05) is 6.92 Å². The summed E-state index contributed by atoms with van der Waals surface area (Å²) >= 11 is 0. The van der Waals surface area contributed by atoms with Crippen molar-refractivity contribution in [3.8, 4) is 0 Å². The maximum atomic E-state index is 11.5. The molecular formula is C10H14O4. The van der Waals surface area contributed by atoms with Crippen LogP contribution < -0.4 is 0 Å². The average Bonchev–Trinajstić information content (AvgIpc) is 2.58. The van der Waals surface area contributed by atoms with Crippen molar-refractivity contribution in [2.45, 2.75) is 19.8 Å². The van der Waals surface area contributed by atoms with E-state index >= 15 is 0 Å². The van der Waals surface area contributed by atoms with E-state index in [0.717, 1.165) is 0 Å². The molecule has 0 aliphatic carbocycles. The summed E-state index contributed by atoms with van der Waals surface area (Å²) in [5.41, 5.74) is -0.655. The third kappa shape index (κ3) is 1.41. The number of methoxy groups -OCH3 is 1. The van der Waals surface area contributed by atoms with E-state index in [0.29, 0.717) is 19.4 Å². The van der Waals surface area contributed by atoms with Gasteiger partial charge in [0, 0.05) is 12.0 Å². The van der Waals surface area contributed by atoms with Gasteiger partial charge in [-0.2, -0.15) is 0 Å². The van der Waals surface area contributed by atoms with E-state index in [1.165, 1.54) is 7.11 Å². The molecule has 0 aromatic carbocycles. The van der Waals surface area contributed by atoms with Crippen molar-refractivity contribution in [1.82, 2.24) is 0 Å². The van der Waals surface area contributed by atoms with E-state index in [9.17, 15) is 9.59 Å². The van der Waals surface area contributed by atoms with Gasteiger partial charge < -0.3 is 9.47 Å². The van der Waals surface area contributed by atoms with Crippen molar-refractivity contribution < 1.29 is 19.1 Å². The summed E-state index contributed by atoms with van der Waals surface area (Å²) < 4.78 is 9.42. The van der Waals surface area contributed by atoms with Crippen LogP contribution in [0.15, 0.2) is 12.2 Å². The molecule has 1 atom stereocenters. The third-order valence-electron chi connectivity index (χ3n) is 2.77. The Labute approximate surface area is 82.9 Å². The summed E-state index contributed by atoms with van der Waals surface area (Å²) in [5, 5.41) is 0. The van der Waals surface area contributed by atoms with E-state index in [-0.39, 0.29) is 11.5 Å². The molecule has 0 spiro atoms. The van der Waals surface area contributed by atoms with Gasteiger partial charge in [-0.1, -0.05) is 13.5 Å². The quantitative estimate of drug-likeness (QED) is 0.502. The lowest BCUT2D eigenvalue weighted by Crippen LogP contribution is -2.31. The van der Waals surface area contributed by atoms with E-state index in [2.05, 4.69) is 11.3 Å². The van der Waals surface area contributed by atoms with Gasteiger partial charge in [-0.3, -0.25) is 4.79 Å². The number of carbonyl (C=O) groups excluding carboxylic acids is 2. The SMILES string of the molecule is C=C(C(=O)OC)C1(CC)CCOC1=O. The summed E-state index contributed by atoms with van der Waals surface area (Å²) in [5.74, 6) is -0.902. The fourth-order valence-corrected chi connectivity index (χ4v) is 1.69. The zero-order valence-electron chi connectivity index (χ0n) is 8.46. The number of ether oxygens (including phenoxy) is 2. The molecular weight excluding hydrogens is 184 g/mol. The first-order valence-electron chi connectivity index (χ1n) is 4.53. The third-order valence-corrected chi connectivity index (χ3v) is 2.77. The molecule has 1 fully saturated rings. The number of hydrogen-bond donors (Lipinski definition) is 0. The maximum absolute atomic E-state index is 11.5. The fourth-order valence-electron chi connectivity index (χ4n) is 1.69. The molecule has 1 aliphatic rings. The van der Waals surface area contributed by atoms with Crippen LogP contribution in [0.1, 0.15) is 19.8 Å². The molecule has 0 amide bonds. The highest BCUT2D eigenvalue weighted by Gasteiger charge is 2.48. The molecule has 0 aromatic rings. The molecule has 0 N–H and O–H groups in total. The second-order valence-electron chi connectivity index (χ2n) is 3.29. The number of carbonyl (C=O) groups is 2. The summed E-state index contributed by atoms with van der Waals surface area (Å²) in [6.45, 7) is 5.81. The Morgan fingerprint density at radius 1 is 1.71 bits per heavy atom. The Kier molecular flexibility index (Phi) is 2.93. The minimum absolute atomic E-state index is 0.199. The number of cyclic esters (lactones) is 1. The monoisotopic (exact) mass is 198 g/mol. The highest BCUT2D eigenvalue weighted by atomic mass is 16.5. The predicted octanol–water partition coefficient (Wildman–Crippen LogP) is 1.06. The fraction of sp³-hybridized carbons (Fsp3) is 0.600. The zero-order chi connectivity index (χ0) is 10.8. The lowest BCUT2D eigenvalue weighted by atomic mass is 9.77. The molecule has 4 nitrogen and oxygen atoms in total. The van der Waals surface area contributed by atoms with Crippen LogP contribution in [0.5, 0.6) is 0 Å². The van der Waals surface area contributed by atoms with Crippen LogP contribution >= 0.6 is 0 Å². The average molecular weight is 198 g/mol. The van der Waals surface area contributed by atoms with E-state index < -0.39 is 11.4 Å². The Bertz CT molecular complexity index is 282. The smallest absolute Gasteiger partial charge is 0.334 e. The van der Waals surface area contributed by atoms with Crippen LogP contribution in [0.3, 0.4) is 0 Å². The van der Waals surface area contributed by atoms with Crippen molar-refractivity contribution in [2.24, 2.45) is 5.41 Å². The Balaban J connectivity index is 2.95. The predicted molar refractivity (Wildman–Crippen MR) is 49.5 cm³/mol. The topological polar surface area (TPSA) is 52.6 Å². The van der Waals surface area contributed by atoms with Crippen LogP contribution in [0.4, 0.5) is 0 Å². The summed E-state index contributed by atoms with van der Waals surface area (Å²) in [6, 6.07) is 0. The second-order valence-corrected chi connectivity index (χ2v) is 3.29. The number of esters is 2. The van der Waals surface area contributed by atoms with Crippen LogP contribution in [-0.2, 0) is 19.1 Å². The number of rotatable bonds is 3. The van der Waals surface area contributed by atoms with Gasteiger partial charge in [0.05, 0.1) is 13.7 Å². The molecule has 1 rings (SSSR count). The molecule has 0 aromatic heterocycles. The van der Waals surface area contributed by atoms with Crippen molar-refractivity contribution >= 4 is 11.9 Å². The standard InChI is InChI=1S/C10H14O4/c1-4-10(5-6-14-9(10)12)7(2)8(11)13-3/h2,4-6H2,1,3H3. The molecule has 1 heterocycles. The first kappa shape index (κ1) is 10.8. The van der Waals surface area contributed by atoms with Crippen LogP contribution in [0, 0.1) is 5.41 Å². The minimum Gasteiger partial charge on any atom is -0.466 e. The molecule has 1 saturated heterocycles. The maximum Gasteiger partial charge on any atom is 0.334 e. The highest BCUT2D eigenvalue weighted by molar-refractivity contribution is 5.98. The lowest BCUT2D eigenvalue weighted by molar-refractivity contribution is -0.148. The molecule has 0 radical (unpaired) electrons. The van der Waals surface area contributed by atoms with Gasteiger partial charge >= 0.3 is 11.9 Å². The molecule has 1 unspecified atom stereocenters. The van der Waals surface area contributed by atoms with Crippen LogP contribution in [-0.4, -0.2) is 25.7 Å². The van der Waals surface area contributed by atoms with Crippen molar-refractivity contribution in [1.29, 1.82) is 0 Å². The first-order chi connectivity index (χ1) is 6.58. The summed E-state index contributed by atoms with van der Waals surface area (Å²) in [6.07, 6.45) is 1.02. The first-order valence-corrected chi connectivity index (χ1v) is 4.53. The molecule has 0 bridgehead atoms. The molecule has 14 heavy (non-hydrogen) atoms. The van der Waals surface area contributed by atoms with Crippen LogP contribution in [0.2, 0.25) is 0 Å². The van der Waals surface area contributed by atoms with Crippen molar-refractivity contribution in [3.05, 3.63) is 12.2 Å². The highest BCUT2D eigenvalue weighted by Crippen LogP contribution is 2.40. The van der Waals surface area contributed by atoms with Gasteiger partial charge in [0.25, 0.3) is 0 Å². The van der Waals surface area contributed by atoms with Crippen molar-refractivity contribution in [3.63, 3.8) is 0 Å². The number of hydrogen-bond acceptors (Lipinski definition) is 4. The zero-order valence-corrected chi connectivity index (χ0v) is 8.46. The Morgan fingerprint density at radius 2 is 2.36 bits per heavy atom.